The molecule has 0 amide bonds. The van der Waals surface area contributed by atoms with Gasteiger partial charge in [0.2, 0.25) is 0 Å². The first-order valence-electron chi connectivity index (χ1n) is 14.4. The molecule has 42 heavy (non-hydrogen) atoms. The molecule has 0 fully saturated rings. The average Bonchev–Trinajstić information content (AvgIpc) is 3.69. The second-order valence-electron chi connectivity index (χ2n) is 11.8. The van der Waals surface area contributed by atoms with E-state index in [2.05, 4.69) is 134 Å². The first-order valence-corrected chi connectivity index (χ1v) is 15.2. The Morgan fingerprint density at radius 1 is 0.500 bits per heavy atom. The van der Waals surface area contributed by atoms with Gasteiger partial charge in [0.1, 0.15) is 11.1 Å². The predicted molar refractivity (Wildman–Crippen MR) is 179 cm³/mol. The molecule has 0 aliphatic carbocycles. The number of hydrogen-bond donors (Lipinski definition) is 0. The van der Waals surface area contributed by atoms with Crippen LogP contribution in [0.25, 0.3) is 75.6 Å². The number of hydrogen-bond acceptors (Lipinski definition) is 2. The van der Waals surface area contributed by atoms with E-state index in [1.807, 2.05) is 11.3 Å². The van der Waals surface area contributed by atoms with E-state index in [1.165, 1.54) is 64.7 Å². The fraction of sp³-hybridized carbons (Fsp3) is 0.105. The first-order chi connectivity index (χ1) is 20.4. The Hall–Kier alpha value is -4.80. The smallest absolute Gasteiger partial charge is 0.161 e. The zero-order chi connectivity index (χ0) is 28.3. The van der Waals surface area contributed by atoms with Crippen molar-refractivity contribution < 1.29 is 4.42 Å². The average molecular weight is 561 g/mol. The van der Waals surface area contributed by atoms with Gasteiger partial charge >= 0.3 is 0 Å². The van der Waals surface area contributed by atoms with Gasteiger partial charge in [-0.05, 0) is 93.4 Å². The van der Waals surface area contributed by atoms with Crippen molar-refractivity contribution in [3.63, 3.8) is 0 Å². The predicted octanol–water partition coefficient (Wildman–Crippen LogP) is 11.1. The van der Waals surface area contributed by atoms with Crippen LogP contribution >= 0.6 is 11.3 Å². The zero-order valence-electron chi connectivity index (χ0n) is 23.9. The molecule has 0 bridgehead atoms. The van der Waals surface area contributed by atoms with Crippen LogP contribution in [0.5, 0.6) is 0 Å². The minimum Gasteiger partial charge on any atom is -0.454 e. The van der Waals surface area contributed by atoms with Crippen molar-refractivity contribution in [1.29, 1.82) is 0 Å². The molecule has 9 rings (SSSR count). The lowest BCUT2D eigenvalue weighted by Gasteiger charge is -2.09. The number of benzene rings is 5. The minimum absolute atomic E-state index is 0.924. The SMILES string of the molecule is Cc1ccc(-n2c3cc(C)ccc3c3oc4cc5c(cc4c32)sc2c3ccc(C)cc3n(-c3ccc(C)cc3)c52)cc1. The second-order valence-corrected chi connectivity index (χ2v) is 12.8. The number of thiophene rings is 1. The summed E-state index contributed by atoms with van der Waals surface area (Å²) in [6.45, 7) is 8.60. The Morgan fingerprint density at radius 3 is 1.69 bits per heavy atom. The van der Waals surface area contributed by atoms with Crippen molar-refractivity contribution in [3.05, 3.63) is 119 Å². The van der Waals surface area contributed by atoms with Crippen LogP contribution in [0.1, 0.15) is 22.3 Å². The van der Waals surface area contributed by atoms with Gasteiger partial charge in [-0.1, -0.05) is 53.6 Å². The van der Waals surface area contributed by atoms with E-state index in [0.29, 0.717) is 0 Å². The molecular formula is C38H28N2OS. The molecule has 0 unspecified atom stereocenters. The molecule has 0 aliphatic heterocycles. The molecule has 0 spiro atoms. The largest absolute Gasteiger partial charge is 0.454 e. The van der Waals surface area contributed by atoms with Crippen LogP contribution in [0, 0.1) is 27.7 Å². The molecule has 0 radical (unpaired) electrons. The highest BCUT2D eigenvalue weighted by atomic mass is 32.1. The highest BCUT2D eigenvalue weighted by molar-refractivity contribution is 7.26. The summed E-state index contributed by atoms with van der Waals surface area (Å²) >= 11 is 1.88. The topological polar surface area (TPSA) is 23.0 Å². The van der Waals surface area contributed by atoms with E-state index in [4.69, 9.17) is 4.42 Å². The van der Waals surface area contributed by atoms with Crippen LogP contribution in [0.2, 0.25) is 0 Å². The summed E-state index contributed by atoms with van der Waals surface area (Å²) in [4.78, 5) is 0. The number of aryl methyl sites for hydroxylation is 4. The van der Waals surface area contributed by atoms with Gasteiger partial charge in [-0.3, -0.25) is 0 Å². The van der Waals surface area contributed by atoms with Crippen molar-refractivity contribution in [2.45, 2.75) is 27.7 Å². The standard InChI is InChI=1S/C38H28N2OS/c1-21-5-11-25(12-6-21)39-31-17-23(3)9-15-27(31)37-35(39)29-20-34-30(19-33(29)41-37)36-38(42-34)28-16-10-24(4)18-32(28)40(36)26-13-7-22(2)8-14-26/h5-20H,1-4H3. The number of rotatable bonds is 2. The van der Waals surface area contributed by atoms with Crippen molar-refractivity contribution in [2.24, 2.45) is 0 Å². The van der Waals surface area contributed by atoms with Crippen LogP contribution in [-0.2, 0) is 0 Å². The second kappa shape index (κ2) is 8.37. The quantitative estimate of drug-likeness (QED) is 0.206. The highest BCUT2D eigenvalue weighted by Crippen LogP contribution is 2.46. The Bertz CT molecular complexity index is 2350. The van der Waals surface area contributed by atoms with E-state index in [0.717, 1.165) is 33.1 Å². The summed E-state index contributed by atoms with van der Waals surface area (Å²) in [5, 5.41) is 4.82. The molecule has 202 valence electrons. The highest BCUT2D eigenvalue weighted by Gasteiger charge is 2.23. The maximum absolute atomic E-state index is 6.79. The lowest BCUT2D eigenvalue weighted by Crippen LogP contribution is -1.94. The lowest BCUT2D eigenvalue weighted by molar-refractivity contribution is 0.673. The fourth-order valence-corrected chi connectivity index (χ4v) is 7.91. The van der Waals surface area contributed by atoms with Crippen molar-refractivity contribution >= 4 is 75.5 Å². The monoisotopic (exact) mass is 560 g/mol. The van der Waals surface area contributed by atoms with E-state index in [9.17, 15) is 0 Å². The molecular weight excluding hydrogens is 532 g/mol. The van der Waals surface area contributed by atoms with Crippen LogP contribution in [-0.4, -0.2) is 9.13 Å². The van der Waals surface area contributed by atoms with E-state index in [-0.39, 0.29) is 0 Å². The zero-order valence-corrected chi connectivity index (χ0v) is 24.8. The number of furan rings is 1. The Labute approximate surface area is 246 Å². The van der Waals surface area contributed by atoms with Gasteiger partial charge in [0.25, 0.3) is 0 Å². The summed E-state index contributed by atoms with van der Waals surface area (Å²) in [5.74, 6) is 0. The van der Waals surface area contributed by atoms with Gasteiger partial charge < -0.3 is 13.6 Å². The fourth-order valence-electron chi connectivity index (χ4n) is 6.67. The van der Waals surface area contributed by atoms with Gasteiger partial charge in [-0.2, -0.15) is 0 Å². The third-order valence-electron chi connectivity index (χ3n) is 8.76. The molecule has 0 N–H and O–H groups in total. The van der Waals surface area contributed by atoms with Crippen LogP contribution in [0.4, 0.5) is 0 Å². The van der Waals surface area contributed by atoms with Crippen molar-refractivity contribution in [2.75, 3.05) is 0 Å². The molecule has 0 saturated heterocycles. The Kier molecular flexibility index (Phi) is 4.76. The first kappa shape index (κ1) is 23.9. The van der Waals surface area contributed by atoms with Crippen LogP contribution in [0.15, 0.2) is 101 Å². The molecule has 0 atom stereocenters. The summed E-state index contributed by atoms with van der Waals surface area (Å²) < 4.78 is 14.2. The summed E-state index contributed by atoms with van der Waals surface area (Å²) in [5.41, 5.74) is 14.0. The number of aromatic nitrogens is 2. The summed E-state index contributed by atoms with van der Waals surface area (Å²) in [7, 11) is 0. The molecule has 4 aromatic heterocycles. The Balaban J connectivity index is 1.42. The maximum atomic E-state index is 6.79. The Morgan fingerprint density at radius 2 is 1.05 bits per heavy atom. The van der Waals surface area contributed by atoms with Gasteiger partial charge in [0, 0.05) is 37.6 Å². The molecule has 0 saturated carbocycles. The summed E-state index contributed by atoms with van der Waals surface area (Å²) in [6, 6.07) is 35.8. The molecule has 4 heteroatoms. The van der Waals surface area contributed by atoms with Crippen LogP contribution < -0.4 is 0 Å². The molecule has 0 aliphatic rings. The molecule has 4 heterocycles. The normalized spacial score (nSPS) is 12.3. The molecule has 9 aromatic rings. The van der Waals surface area contributed by atoms with E-state index in [1.54, 1.807) is 0 Å². The molecule has 5 aromatic carbocycles. The summed E-state index contributed by atoms with van der Waals surface area (Å²) in [6.07, 6.45) is 0. The van der Waals surface area contributed by atoms with Gasteiger partial charge in [-0.25, -0.2) is 0 Å². The van der Waals surface area contributed by atoms with Crippen molar-refractivity contribution in [3.8, 4) is 11.4 Å². The van der Waals surface area contributed by atoms with Crippen LogP contribution in [0.3, 0.4) is 0 Å². The van der Waals surface area contributed by atoms with Gasteiger partial charge in [0.05, 0.1) is 21.3 Å². The van der Waals surface area contributed by atoms with E-state index < -0.39 is 0 Å². The molecule has 3 nitrogen and oxygen atoms in total. The van der Waals surface area contributed by atoms with E-state index >= 15 is 0 Å². The third-order valence-corrected chi connectivity index (χ3v) is 9.93. The van der Waals surface area contributed by atoms with Crippen molar-refractivity contribution in [1.82, 2.24) is 9.13 Å². The lowest BCUT2D eigenvalue weighted by atomic mass is 10.1. The maximum Gasteiger partial charge on any atom is 0.161 e. The van der Waals surface area contributed by atoms with Gasteiger partial charge in [-0.15, -0.1) is 11.3 Å². The minimum atomic E-state index is 0.924. The van der Waals surface area contributed by atoms with Gasteiger partial charge in [0.15, 0.2) is 5.58 Å². The number of fused-ring (bicyclic) bond motifs is 10. The number of nitrogens with zero attached hydrogens (tertiary/aromatic N) is 2. The third kappa shape index (κ3) is 3.21.